The van der Waals surface area contributed by atoms with Crippen molar-refractivity contribution in [2.75, 3.05) is 6.54 Å². The van der Waals surface area contributed by atoms with E-state index in [0.29, 0.717) is 25.8 Å². The molecule has 0 bridgehead atoms. The summed E-state index contributed by atoms with van der Waals surface area (Å²) in [5.41, 5.74) is -0.950. The van der Waals surface area contributed by atoms with E-state index in [2.05, 4.69) is 6.07 Å². The molecular formula is C16H23NO3S. The molecule has 2 heterocycles. The van der Waals surface area contributed by atoms with Crippen LogP contribution in [0, 0.1) is 0 Å². The fraction of sp³-hybridized carbons (Fsp3) is 0.625. The number of hydrogen-bond donors (Lipinski definition) is 1. The van der Waals surface area contributed by atoms with Crippen molar-refractivity contribution >= 4 is 23.2 Å². The van der Waals surface area contributed by atoms with Gasteiger partial charge in [0.05, 0.1) is 0 Å². The first-order valence-electron chi connectivity index (χ1n) is 7.66. The second-order valence-electron chi connectivity index (χ2n) is 5.67. The van der Waals surface area contributed by atoms with Crippen LogP contribution < -0.4 is 0 Å². The zero-order chi connectivity index (χ0) is 15.3. The summed E-state index contributed by atoms with van der Waals surface area (Å²) in [4.78, 5) is 27.0. The second-order valence-corrected chi connectivity index (χ2v) is 6.70. The molecule has 0 aromatic carbocycles. The zero-order valence-corrected chi connectivity index (χ0v) is 13.3. The number of aryl methyl sites for hydroxylation is 1. The van der Waals surface area contributed by atoms with Crippen molar-refractivity contribution in [2.45, 2.75) is 57.4 Å². The Balaban J connectivity index is 1.95. The van der Waals surface area contributed by atoms with Gasteiger partial charge < -0.3 is 10.0 Å². The first kappa shape index (κ1) is 16.0. The summed E-state index contributed by atoms with van der Waals surface area (Å²) in [6.07, 6.45) is 4.85. The van der Waals surface area contributed by atoms with E-state index in [1.54, 1.807) is 16.2 Å². The van der Waals surface area contributed by atoms with E-state index in [1.165, 1.54) is 4.88 Å². The van der Waals surface area contributed by atoms with Crippen LogP contribution in [-0.2, 0) is 16.0 Å². The van der Waals surface area contributed by atoms with Gasteiger partial charge in [0, 0.05) is 17.8 Å². The van der Waals surface area contributed by atoms with Crippen molar-refractivity contribution < 1.29 is 14.7 Å². The first-order valence-corrected chi connectivity index (χ1v) is 8.54. The third-order valence-corrected chi connectivity index (χ3v) is 5.18. The highest BCUT2D eigenvalue weighted by Gasteiger charge is 2.48. The van der Waals surface area contributed by atoms with Gasteiger partial charge in [-0.15, -0.1) is 11.3 Å². The standard InChI is InChI=1S/C16H23NO3S/c1-2-9-16(15(19)20)10-5-11-17(16)14(18)8-3-6-13-7-4-12-21-13/h4,7,12H,2-3,5-6,8-11H2,1H3,(H,19,20). The number of aliphatic carboxylic acids is 1. The minimum absolute atomic E-state index is 0.0000869. The smallest absolute Gasteiger partial charge is 0.329 e. The number of hydrogen-bond acceptors (Lipinski definition) is 3. The van der Waals surface area contributed by atoms with Crippen molar-refractivity contribution in [3.05, 3.63) is 22.4 Å². The maximum atomic E-state index is 12.4. The Morgan fingerprint density at radius 2 is 2.29 bits per heavy atom. The monoisotopic (exact) mass is 309 g/mol. The van der Waals surface area contributed by atoms with Crippen LogP contribution in [0.15, 0.2) is 17.5 Å². The van der Waals surface area contributed by atoms with Crippen LogP contribution in [0.25, 0.3) is 0 Å². The molecule has 1 aliphatic heterocycles. The maximum absolute atomic E-state index is 12.4. The fourth-order valence-corrected chi connectivity index (χ4v) is 4.00. The topological polar surface area (TPSA) is 57.6 Å². The van der Waals surface area contributed by atoms with Crippen molar-refractivity contribution in [1.29, 1.82) is 0 Å². The highest BCUT2D eigenvalue weighted by molar-refractivity contribution is 7.09. The van der Waals surface area contributed by atoms with E-state index in [9.17, 15) is 14.7 Å². The van der Waals surface area contributed by atoms with Gasteiger partial charge in [-0.2, -0.15) is 0 Å². The molecular weight excluding hydrogens is 286 g/mol. The molecule has 0 saturated carbocycles. The van der Waals surface area contributed by atoms with Crippen molar-refractivity contribution in [2.24, 2.45) is 0 Å². The summed E-state index contributed by atoms with van der Waals surface area (Å²) >= 11 is 1.70. The molecule has 21 heavy (non-hydrogen) atoms. The van der Waals surface area contributed by atoms with Gasteiger partial charge in [-0.25, -0.2) is 4.79 Å². The molecule has 1 fully saturated rings. The molecule has 1 unspecified atom stereocenters. The van der Waals surface area contributed by atoms with Crippen LogP contribution >= 0.6 is 11.3 Å². The minimum Gasteiger partial charge on any atom is -0.479 e. The SMILES string of the molecule is CCCC1(C(=O)O)CCCN1C(=O)CCCc1cccs1. The quantitative estimate of drug-likeness (QED) is 0.840. The van der Waals surface area contributed by atoms with Crippen LogP contribution in [0.5, 0.6) is 0 Å². The number of carboxylic acids is 1. The fourth-order valence-electron chi connectivity index (χ4n) is 3.25. The molecule has 1 aromatic heterocycles. The average Bonchev–Trinajstić information content (AvgIpc) is 3.08. The molecule has 1 atom stereocenters. The first-order chi connectivity index (χ1) is 10.1. The molecule has 1 aromatic rings. The van der Waals surface area contributed by atoms with E-state index in [1.807, 2.05) is 18.4 Å². The number of thiophene rings is 1. The van der Waals surface area contributed by atoms with E-state index >= 15 is 0 Å². The van der Waals surface area contributed by atoms with Gasteiger partial charge in [-0.3, -0.25) is 4.79 Å². The lowest BCUT2D eigenvalue weighted by atomic mass is 9.90. The zero-order valence-electron chi connectivity index (χ0n) is 12.5. The van der Waals surface area contributed by atoms with Gasteiger partial charge in [-0.1, -0.05) is 19.4 Å². The summed E-state index contributed by atoms with van der Waals surface area (Å²) in [5, 5.41) is 11.6. The Labute approximate surface area is 129 Å². The molecule has 1 aliphatic rings. The minimum atomic E-state index is -0.950. The molecule has 0 spiro atoms. The Morgan fingerprint density at radius 3 is 2.90 bits per heavy atom. The summed E-state index contributed by atoms with van der Waals surface area (Å²) < 4.78 is 0. The molecule has 1 saturated heterocycles. The summed E-state index contributed by atoms with van der Waals surface area (Å²) in [5.74, 6) is -0.839. The molecule has 5 heteroatoms. The molecule has 1 N–H and O–H groups in total. The maximum Gasteiger partial charge on any atom is 0.329 e. The molecule has 1 amide bonds. The van der Waals surface area contributed by atoms with Crippen LogP contribution in [0.1, 0.15) is 50.3 Å². The molecule has 2 rings (SSSR count). The van der Waals surface area contributed by atoms with E-state index in [4.69, 9.17) is 0 Å². The largest absolute Gasteiger partial charge is 0.479 e. The molecule has 0 aliphatic carbocycles. The summed E-state index contributed by atoms with van der Waals surface area (Å²) in [7, 11) is 0. The summed E-state index contributed by atoms with van der Waals surface area (Å²) in [6.45, 7) is 2.56. The highest BCUT2D eigenvalue weighted by atomic mass is 32.1. The van der Waals surface area contributed by atoms with E-state index < -0.39 is 11.5 Å². The number of rotatable bonds is 7. The Bertz CT molecular complexity index is 486. The number of carbonyl (C=O) groups is 2. The molecule has 0 radical (unpaired) electrons. The predicted molar refractivity (Wildman–Crippen MR) is 83.5 cm³/mol. The Hall–Kier alpha value is -1.36. The number of likely N-dealkylation sites (tertiary alicyclic amines) is 1. The molecule has 4 nitrogen and oxygen atoms in total. The normalized spacial score (nSPS) is 21.7. The number of amides is 1. The molecule has 116 valence electrons. The van der Waals surface area contributed by atoms with Crippen LogP contribution in [0.3, 0.4) is 0 Å². The van der Waals surface area contributed by atoms with Gasteiger partial charge >= 0.3 is 5.97 Å². The summed E-state index contributed by atoms with van der Waals surface area (Å²) in [6, 6.07) is 4.09. The highest BCUT2D eigenvalue weighted by Crippen LogP contribution is 2.34. The number of nitrogens with zero attached hydrogens (tertiary/aromatic N) is 1. The van der Waals surface area contributed by atoms with Gasteiger partial charge in [0.25, 0.3) is 0 Å². The van der Waals surface area contributed by atoms with Crippen molar-refractivity contribution in [3.8, 4) is 0 Å². The predicted octanol–water partition coefficient (Wildman–Crippen LogP) is 3.32. The third kappa shape index (κ3) is 3.46. The lowest BCUT2D eigenvalue weighted by Gasteiger charge is -2.34. The average molecular weight is 309 g/mol. The lowest BCUT2D eigenvalue weighted by molar-refractivity contribution is -0.157. The lowest BCUT2D eigenvalue weighted by Crippen LogP contribution is -2.53. The van der Waals surface area contributed by atoms with Crippen LogP contribution in [-0.4, -0.2) is 34.0 Å². The van der Waals surface area contributed by atoms with E-state index in [0.717, 1.165) is 25.7 Å². The van der Waals surface area contributed by atoms with Crippen molar-refractivity contribution in [1.82, 2.24) is 4.90 Å². The van der Waals surface area contributed by atoms with Crippen LogP contribution in [0.2, 0.25) is 0 Å². The van der Waals surface area contributed by atoms with E-state index in [-0.39, 0.29) is 5.91 Å². The van der Waals surface area contributed by atoms with Gasteiger partial charge in [0.1, 0.15) is 5.54 Å². The van der Waals surface area contributed by atoms with Crippen molar-refractivity contribution in [3.63, 3.8) is 0 Å². The number of carboxylic acid groups (broad SMARTS) is 1. The van der Waals surface area contributed by atoms with Gasteiger partial charge in [-0.05, 0) is 43.6 Å². The Kier molecular flexibility index (Phi) is 5.39. The number of carbonyl (C=O) groups excluding carboxylic acids is 1. The third-order valence-electron chi connectivity index (χ3n) is 4.25. The van der Waals surface area contributed by atoms with Crippen LogP contribution in [0.4, 0.5) is 0 Å². The Morgan fingerprint density at radius 1 is 1.48 bits per heavy atom. The van der Waals surface area contributed by atoms with Gasteiger partial charge in [0.15, 0.2) is 0 Å². The second kappa shape index (κ2) is 7.07. The van der Waals surface area contributed by atoms with Gasteiger partial charge in [0.2, 0.25) is 5.91 Å².